The fraction of sp³-hybridized carbons (Fsp3) is 0.400. The third kappa shape index (κ3) is 3.46. The number of rotatable bonds is 5. The van der Waals surface area contributed by atoms with E-state index in [4.69, 9.17) is 15.6 Å². The lowest BCUT2D eigenvalue weighted by Gasteiger charge is -2.12. The summed E-state index contributed by atoms with van der Waals surface area (Å²) in [5.41, 5.74) is 5.69. The average molecular weight is 279 g/mol. The zero-order valence-corrected chi connectivity index (χ0v) is 10.5. The average Bonchev–Trinajstić information content (AvgIpc) is 2.29. The summed E-state index contributed by atoms with van der Waals surface area (Å²) in [6.45, 7) is -0.127. The van der Waals surface area contributed by atoms with Gasteiger partial charge in [-0.2, -0.15) is 0 Å². The molecular weight excluding hydrogens is 264 g/mol. The van der Waals surface area contributed by atoms with Crippen LogP contribution in [0.4, 0.5) is 5.69 Å². The minimum atomic E-state index is -0.715. The molecule has 0 bridgehead atoms. The van der Waals surface area contributed by atoms with Gasteiger partial charge >= 0.3 is 5.69 Å². The maximum absolute atomic E-state index is 10.7. The Bertz CT molecular complexity index is 427. The first-order valence-electron chi connectivity index (χ1n) is 4.93. The molecule has 0 saturated carbocycles. The Labute approximate surface area is 110 Å². The van der Waals surface area contributed by atoms with E-state index >= 15 is 0 Å². The van der Waals surface area contributed by atoms with Gasteiger partial charge in [0.2, 0.25) is 5.75 Å². The second kappa shape index (κ2) is 7.00. The van der Waals surface area contributed by atoms with Gasteiger partial charge in [0, 0.05) is 18.7 Å². The number of aromatic hydroxyl groups is 1. The molecule has 18 heavy (non-hydrogen) atoms. The van der Waals surface area contributed by atoms with Gasteiger partial charge in [-0.05, 0) is 18.1 Å². The molecule has 1 rings (SSSR count). The van der Waals surface area contributed by atoms with Crippen LogP contribution in [0.2, 0.25) is 0 Å². The summed E-state index contributed by atoms with van der Waals surface area (Å²) in [5.74, 6) is -0.542. The van der Waals surface area contributed by atoms with E-state index in [2.05, 4.69) is 0 Å². The van der Waals surface area contributed by atoms with Crippen molar-refractivity contribution in [2.45, 2.75) is 12.5 Å². The van der Waals surface area contributed by atoms with Crippen LogP contribution in [0.3, 0.4) is 0 Å². The van der Waals surface area contributed by atoms with Crippen LogP contribution < -0.4 is 10.5 Å². The van der Waals surface area contributed by atoms with Gasteiger partial charge in [0.25, 0.3) is 0 Å². The van der Waals surface area contributed by atoms with Gasteiger partial charge in [-0.1, -0.05) is 0 Å². The molecule has 0 aromatic heterocycles. The van der Waals surface area contributed by atoms with Gasteiger partial charge in [-0.3, -0.25) is 10.1 Å². The highest BCUT2D eigenvalue weighted by molar-refractivity contribution is 5.85. The van der Waals surface area contributed by atoms with Crippen LogP contribution in [0, 0.1) is 10.1 Å². The molecule has 0 aliphatic rings. The van der Waals surface area contributed by atoms with Crippen LogP contribution in [0.1, 0.15) is 18.0 Å². The van der Waals surface area contributed by atoms with Crippen LogP contribution in [-0.4, -0.2) is 28.9 Å². The molecule has 0 amide bonds. The summed E-state index contributed by atoms with van der Waals surface area (Å²) in [4.78, 5) is 10.0. The van der Waals surface area contributed by atoms with Crippen molar-refractivity contribution >= 4 is 18.1 Å². The smallest absolute Gasteiger partial charge is 0.314 e. The Kier molecular flexibility index (Phi) is 6.39. The third-order valence-corrected chi connectivity index (χ3v) is 2.36. The number of benzene rings is 1. The first kappa shape index (κ1) is 16.4. The van der Waals surface area contributed by atoms with E-state index in [1.54, 1.807) is 0 Å². The largest absolute Gasteiger partial charge is 0.500 e. The second-order valence-electron chi connectivity index (χ2n) is 3.47. The lowest BCUT2D eigenvalue weighted by molar-refractivity contribution is -0.386. The standard InChI is InChI=1S/C10H14N2O5.ClH/c1-17-9-5-6(7(11)2-3-13)4-8(10(9)14)12(15)16;/h4-5,7,13-14H,2-3,11H2,1H3;1H. The van der Waals surface area contributed by atoms with Gasteiger partial charge in [0.1, 0.15) is 0 Å². The molecule has 1 aromatic carbocycles. The van der Waals surface area contributed by atoms with Gasteiger partial charge in [0.15, 0.2) is 5.75 Å². The third-order valence-electron chi connectivity index (χ3n) is 2.36. The Morgan fingerprint density at radius 1 is 1.56 bits per heavy atom. The zero-order valence-electron chi connectivity index (χ0n) is 9.70. The number of phenols is 1. The van der Waals surface area contributed by atoms with E-state index in [1.807, 2.05) is 0 Å². The number of halogens is 1. The molecule has 0 fully saturated rings. The topological polar surface area (TPSA) is 119 Å². The Morgan fingerprint density at radius 2 is 2.17 bits per heavy atom. The van der Waals surface area contributed by atoms with E-state index in [9.17, 15) is 15.2 Å². The quantitative estimate of drug-likeness (QED) is 0.548. The van der Waals surface area contributed by atoms with E-state index in [-0.39, 0.29) is 31.2 Å². The summed E-state index contributed by atoms with van der Waals surface area (Å²) in [6.07, 6.45) is 0.269. The first-order valence-corrected chi connectivity index (χ1v) is 4.93. The van der Waals surface area contributed by atoms with Crippen LogP contribution >= 0.6 is 12.4 Å². The number of nitrogens with zero attached hydrogens (tertiary/aromatic N) is 1. The molecule has 7 nitrogen and oxygen atoms in total. The highest BCUT2D eigenvalue weighted by Crippen LogP contribution is 2.38. The number of aliphatic hydroxyl groups is 1. The molecule has 102 valence electrons. The lowest BCUT2D eigenvalue weighted by Crippen LogP contribution is -2.12. The summed E-state index contributed by atoms with van der Waals surface area (Å²) < 4.78 is 4.83. The summed E-state index contributed by atoms with van der Waals surface area (Å²) in [5, 5.41) is 29.0. The SMILES string of the molecule is COc1cc(C(N)CCO)cc([N+](=O)[O-])c1O.Cl. The van der Waals surface area contributed by atoms with Crippen molar-refractivity contribution in [2.24, 2.45) is 5.73 Å². The van der Waals surface area contributed by atoms with Crippen molar-refractivity contribution in [3.63, 3.8) is 0 Å². The predicted octanol–water partition coefficient (Wildman–Crippen LogP) is 1.11. The zero-order chi connectivity index (χ0) is 13.0. The summed E-state index contributed by atoms with van der Waals surface area (Å²) >= 11 is 0. The minimum absolute atomic E-state index is 0. The Balaban J connectivity index is 0.00000289. The van der Waals surface area contributed by atoms with Crippen LogP contribution in [-0.2, 0) is 0 Å². The highest BCUT2D eigenvalue weighted by Gasteiger charge is 2.21. The van der Waals surface area contributed by atoms with Gasteiger partial charge in [0.05, 0.1) is 12.0 Å². The van der Waals surface area contributed by atoms with Gasteiger partial charge in [-0.25, -0.2) is 0 Å². The molecule has 1 aromatic rings. The summed E-state index contributed by atoms with van der Waals surface area (Å²) in [7, 11) is 1.29. The monoisotopic (exact) mass is 278 g/mol. The lowest BCUT2D eigenvalue weighted by atomic mass is 10.0. The van der Waals surface area contributed by atoms with Crippen molar-refractivity contribution in [2.75, 3.05) is 13.7 Å². The number of ether oxygens (including phenoxy) is 1. The highest BCUT2D eigenvalue weighted by atomic mass is 35.5. The van der Waals surface area contributed by atoms with E-state index < -0.39 is 22.4 Å². The van der Waals surface area contributed by atoms with E-state index in [0.29, 0.717) is 5.56 Å². The minimum Gasteiger partial charge on any atom is -0.500 e. The number of hydrogen-bond donors (Lipinski definition) is 3. The molecule has 1 unspecified atom stereocenters. The van der Waals surface area contributed by atoms with Gasteiger partial charge < -0.3 is 20.7 Å². The second-order valence-corrected chi connectivity index (χ2v) is 3.47. The molecule has 0 radical (unpaired) electrons. The predicted molar refractivity (Wildman–Crippen MR) is 67.2 cm³/mol. The molecule has 0 aliphatic heterocycles. The molecular formula is C10H15ClN2O5. The maximum atomic E-state index is 10.7. The fourth-order valence-electron chi connectivity index (χ4n) is 1.43. The van der Waals surface area contributed by atoms with Crippen molar-refractivity contribution in [1.29, 1.82) is 0 Å². The molecule has 0 saturated heterocycles. The normalized spacial score (nSPS) is 11.5. The molecule has 8 heteroatoms. The Morgan fingerprint density at radius 3 is 2.61 bits per heavy atom. The van der Waals surface area contributed by atoms with Gasteiger partial charge in [-0.15, -0.1) is 12.4 Å². The van der Waals surface area contributed by atoms with Crippen LogP contribution in [0.15, 0.2) is 12.1 Å². The summed E-state index contributed by atoms with van der Waals surface area (Å²) in [6, 6.07) is 2.05. The number of nitrogens with two attached hydrogens (primary N) is 1. The number of nitro benzene ring substituents is 1. The van der Waals surface area contributed by atoms with Crippen LogP contribution in [0.25, 0.3) is 0 Å². The van der Waals surface area contributed by atoms with E-state index in [1.165, 1.54) is 19.2 Å². The van der Waals surface area contributed by atoms with Crippen molar-refractivity contribution in [3.8, 4) is 11.5 Å². The first-order chi connectivity index (χ1) is 8.01. The molecule has 0 heterocycles. The van der Waals surface area contributed by atoms with Crippen molar-refractivity contribution < 1.29 is 19.9 Å². The number of aliphatic hydroxyl groups excluding tert-OH is 1. The molecule has 4 N–H and O–H groups in total. The maximum Gasteiger partial charge on any atom is 0.314 e. The van der Waals surface area contributed by atoms with Crippen LogP contribution in [0.5, 0.6) is 11.5 Å². The Hall–Kier alpha value is -1.57. The fourth-order valence-corrected chi connectivity index (χ4v) is 1.43. The van der Waals surface area contributed by atoms with Crippen molar-refractivity contribution in [3.05, 3.63) is 27.8 Å². The number of methoxy groups -OCH3 is 1. The molecule has 1 atom stereocenters. The molecule has 0 aliphatic carbocycles. The number of phenolic OH excluding ortho intramolecular Hbond substituents is 1. The molecule has 0 spiro atoms. The van der Waals surface area contributed by atoms with E-state index in [0.717, 1.165) is 0 Å². The number of nitro groups is 1. The van der Waals surface area contributed by atoms with Crippen molar-refractivity contribution in [1.82, 2.24) is 0 Å². The number of hydrogen-bond acceptors (Lipinski definition) is 6.